The van der Waals surface area contributed by atoms with Crippen molar-refractivity contribution in [1.29, 1.82) is 0 Å². The highest BCUT2D eigenvalue weighted by Crippen LogP contribution is 2.68. The number of hydrogen-bond donors (Lipinski definition) is 0. The zero-order chi connectivity index (χ0) is 63.3. The monoisotopic (exact) mass is 1250 g/mol. The average Bonchev–Trinajstić information content (AvgIpc) is 0.686. The highest BCUT2D eigenvalue weighted by Gasteiger charge is 2.50. The van der Waals surface area contributed by atoms with Crippen LogP contribution in [0.4, 0.5) is 85.4 Å². The number of fused-ring (bicyclic) bond motifs is 13. The lowest BCUT2D eigenvalue weighted by Gasteiger charge is -2.48. The van der Waals surface area contributed by atoms with E-state index >= 15 is 0 Å². The van der Waals surface area contributed by atoms with Gasteiger partial charge in [-0.1, -0.05) is 186 Å². The van der Waals surface area contributed by atoms with Crippen LogP contribution in [-0.4, -0.2) is 39.0 Å². The molecule has 0 amide bonds. The standard InChI is InChI=1S/C83H70B2N6OSSi/c1-82(2)45-46-83(3,4)58-47-55(43-44-57(58)82)89-63-33-17-15-31-59(63)84-61-50-62-69(51-68(61)87(53-27-11-9-12-28-53)70-48-56(49-71(89)79(70)84)90-64-34-18-23-39-74(64)93(5,6)75-40-24-19-35-65(75)90)88(54-29-13-10-14-30-54)72-52-78(86-81-80(72)85(62)60-32-16-22-38-73(60)92-81)91-66-36-20-25-41-76(66)94(7,8)77-42-26-21-37-67(77)91/h9-44,47-52H,45-46H2,1-8H3. The van der Waals surface area contributed by atoms with Crippen LogP contribution in [0.1, 0.15) is 51.7 Å². The van der Waals surface area contributed by atoms with Gasteiger partial charge in [0.2, 0.25) is 5.88 Å². The molecule has 6 aliphatic heterocycles. The fourth-order valence-corrected chi connectivity index (χ4v) is 22.9. The van der Waals surface area contributed by atoms with Gasteiger partial charge in [0.1, 0.15) is 19.6 Å². The topological polar surface area (TPSA) is 38.3 Å². The van der Waals surface area contributed by atoms with E-state index in [0.717, 1.165) is 75.1 Å². The maximum Gasteiger partial charge on any atom is 0.258 e. The number of ether oxygens (including phenoxy) is 1. The third-order valence-electron chi connectivity index (χ3n) is 22.2. The van der Waals surface area contributed by atoms with E-state index in [0.29, 0.717) is 5.88 Å². The summed E-state index contributed by atoms with van der Waals surface area (Å²) in [6, 6.07) is 96.7. The average molecular weight is 1250 g/mol. The molecule has 0 atom stereocenters. The zero-order valence-electron chi connectivity index (χ0n) is 54.3. The molecule has 7 heterocycles. The van der Waals surface area contributed by atoms with E-state index in [2.05, 4.69) is 333 Å². The summed E-state index contributed by atoms with van der Waals surface area (Å²) in [6.45, 7) is 14.4. The predicted octanol–water partition coefficient (Wildman–Crippen LogP) is 16.8. The summed E-state index contributed by atoms with van der Waals surface area (Å²) in [5.74, 6) is 2.27. The molecule has 12 aromatic rings. The lowest BCUT2D eigenvalue weighted by molar-refractivity contribution is 0.332. The summed E-state index contributed by atoms with van der Waals surface area (Å²) in [5, 5.41) is 2.77. The molecular weight excluding hydrogens is 1180 g/mol. The van der Waals surface area contributed by atoms with Gasteiger partial charge in [0.25, 0.3) is 13.4 Å². The van der Waals surface area contributed by atoms with Crippen molar-refractivity contribution < 1.29 is 4.74 Å². The van der Waals surface area contributed by atoms with Crippen LogP contribution in [-0.2, 0) is 10.8 Å². The zero-order valence-corrected chi connectivity index (χ0v) is 56.1. The van der Waals surface area contributed by atoms with Crippen LogP contribution in [0.25, 0.3) is 0 Å². The second-order valence-corrected chi connectivity index (χ2v) is 36.8. The number of hydrogen-bond acceptors (Lipinski definition) is 7. The van der Waals surface area contributed by atoms with Crippen LogP contribution >= 0.6 is 10.0 Å². The van der Waals surface area contributed by atoms with Gasteiger partial charge in [0.05, 0.1) is 22.7 Å². The van der Waals surface area contributed by atoms with Gasteiger partial charge >= 0.3 is 0 Å². The number of anilines is 15. The van der Waals surface area contributed by atoms with E-state index in [9.17, 15) is 0 Å². The van der Waals surface area contributed by atoms with E-state index in [-0.39, 0.29) is 24.3 Å². The van der Waals surface area contributed by atoms with Gasteiger partial charge in [0.15, 0.2) is 0 Å². The van der Waals surface area contributed by atoms with Crippen molar-refractivity contribution in [2.75, 3.05) is 37.0 Å². The first kappa shape index (κ1) is 55.7. The maximum atomic E-state index is 7.28. The van der Waals surface area contributed by atoms with Crippen LogP contribution < -0.4 is 72.4 Å². The molecule has 1 aliphatic carbocycles. The largest absolute Gasteiger partial charge is 0.440 e. The van der Waals surface area contributed by atoms with Gasteiger partial charge < -0.3 is 24.3 Å². The third-order valence-corrected chi connectivity index (χ3v) is 28.6. The van der Waals surface area contributed by atoms with Gasteiger partial charge in [-0.2, -0.15) is 15.0 Å². The van der Waals surface area contributed by atoms with Gasteiger partial charge in [-0.3, -0.25) is 4.90 Å². The van der Waals surface area contributed by atoms with Crippen molar-refractivity contribution in [2.24, 2.45) is 0 Å². The first-order valence-corrected chi connectivity index (χ1v) is 38.7. The number of benzene rings is 11. The molecule has 0 radical (unpaired) electrons. The van der Waals surface area contributed by atoms with Crippen LogP contribution in [0.2, 0.25) is 13.1 Å². The number of rotatable bonds is 5. The second kappa shape index (κ2) is 19.8. The van der Waals surface area contributed by atoms with Gasteiger partial charge in [-0.25, -0.2) is 0 Å². The Hall–Kier alpha value is -9.93. The fourth-order valence-electron chi connectivity index (χ4n) is 17.5. The second-order valence-electron chi connectivity index (χ2n) is 28.9. The molecule has 0 saturated carbocycles. The molecule has 19 rings (SSSR count). The minimum atomic E-state index is -2.13. The summed E-state index contributed by atoms with van der Waals surface area (Å²) in [7, 11) is -3.52. The van der Waals surface area contributed by atoms with E-state index in [4.69, 9.17) is 9.72 Å². The molecule has 7 aliphatic rings. The van der Waals surface area contributed by atoms with Crippen LogP contribution in [0.5, 0.6) is 11.6 Å². The molecule has 0 N–H and O–H groups in total. The Labute approximate surface area is 555 Å². The summed E-state index contributed by atoms with van der Waals surface area (Å²) < 4.78 is 7.28. The summed E-state index contributed by atoms with van der Waals surface area (Å²) in [6.07, 6.45) is 7.22. The Balaban J connectivity index is 0.913. The molecule has 11 heteroatoms. The Morgan fingerprint density at radius 2 is 0.840 bits per heavy atom. The minimum absolute atomic E-state index is 0.00648. The highest BCUT2D eigenvalue weighted by atomic mass is 32.3. The van der Waals surface area contributed by atoms with Gasteiger partial charge in [0, 0.05) is 78.2 Å². The van der Waals surface area contributed by atoms with Gasteiger partial charge in [-0.15, -0.1) is 0 Å². The normalized spacial score (nSPS) is 17.3. The Morgan fingerprint density at radius 3 is 1.45 bits per heavy atom. The molecule has 11 aromatic carbocycles. The summed E-state index contributed by atoms with van der Waals surface area (Å²) >= 11 is 0. The number of aromatic nitrogens is 1. The smallest absolute Gasteiger partial charge is 0.258 e. The van der Waals surface area contributed by atoms with Crippen LogP contribution in [0.15, 0.2) is 265 Å². The third kappa shape index (κ3) is 7.73. The van der Waals surface area contributed by atoms with E-state index < -0.39 is 18.1 Å². The Bertz CT molecular complexity index is 5130. The van der Waals surface area contributed by atoms with E-state index in [1.165, 1.54) is 93.0 Å². The van der Waals surface area contributed by atoms with Crippen molar-refractivity contribution in [2.45, 2.75) is 74.3 Å². The fraction of sp³-hybridized carbons (Fsp3) is 0.145. The molecule has 0 spiro atoms. The number of para-hydroxylation sites is 8. The molecule has 1 aromatic heterocycles. The van der Waals surface area contributed by atoms with E-state index in [1.54, 1.807) is 0 Å². The molecule has 0 bridgehead atoms. The molecule has 94 heavy (non-hydrogen) atoms. The predicted molar refractivity (Wildman–Crippen MR) is 401 cm³/mol. The Kier molecular flexibility index (Phi) is 11.7. The molecule has 454 valence electrons. The van der Waals surface area contributed by atoms with E-state index in [1.807, 2.05) is 0 Å². The minimum Gasteiger partial charge on any atom is -0.440 e. The first-order chi connectivity index (χ1) is 45.7. The molecular formula is C83H70B2N6OSSi. The molecule has 0 unspecified atom stereocenters. The van der Waals surface area contributed by atoms with Crippen molar-refractivity contribution in [3.05, 3.63) is 266 Å². The van der Waals surface area contributed by atoms with Crippen molar-refractivity contribution >= 4 is 160 Å². The van der Waals surface area contributed by atoms with Crippen molar-refractivity contribution in [3.63, 3.8) is 0 Å². The lowest BCUT2D eigenvalue weighted by atomic mass is 9.30. The van der Waals surface area contributed by atoms with Crippen LogP contribution in [0.3, 0.4) is 0 Å². The van der Waals surface area contributed by atoms with Crippen molar-refractivity contribution in [1.82, 2.24) is 4.98 Å². The summed E-state index contributed by atoms with van der Waals surface area (Å²) in [4.78, 5) is 21.3. The summed E-state index contributed by atoms with van der Waals surface area (Å²) in [5.41, 5.74) is 26.2. The maximum absolute atomic E-state index is 7.28. The SMILES string of the molecule is CC1(C)CCC(C)(C)c2cc(N3c4ccccc4B4c5cc6c(cc5N(c5ccccc5)c5cc(N7c8ccccc8S(C)(C)c8ccccc87)cc3c54)N(c3ccccc3)c3cc(N4c5ccccc5[Si](C)(C)c5ccccc54)nc4c3B6c3ccccc3O4)ccc21. The molecule has 0 fully saturated rings. The van der Waals surface area contributed by atoms with Crippen LogP contribution in [0, 0.1) is 0 Å². The van der Waals surface area contributed by atoms with Crippen molar-refractivity contribution in [3.8, 4) is 11.6 Å². The quantitative estimate of drug-likeness (QED) is 0.159. The Morgan fingerprint density at radius 1 is 0.372 bits per heavy atom. The lowest BCUT2D eigenvalue weighted by Crippen LogP contribution is -2.64. The first-order valence-electron chi connectivity index (χ1n) is 33.3. The highest BCUT2D eigenvalue weighted by molar-refractivity contribution is 8.33. The molecule has 0 saturated heterocycles. The number of nitrogens with zero attached hydrogens (tertiary/aromatic N) is 6. The number of pyridine rings is 1. The van der Waals surface area contributed by atoms with Gasteiger partial charge in [-0.05, 0) is 188 Å². The molecule has 7 nitrogen and oxygen atoms in total.